The van der Waals surface area contributed by atoms with E-state index in [1.807, 2.05) is 42.5 Å². The Morgan fingerprint density at radius 3 is 2.62 bits per heavy atom. The molecule has 0 spiro atoms. The molecule has 3 aromatic carbocycles. The molecule has 0 fully saturated rings. The van der Waals surface area contributed by atoms with Gasteiger partial charge in [0.1, 0.15) is 0 Å². The normalized spacial score (nSPS) is 10.8. The average molecular weight is 451 g/mol. The van der Waals surface area contributed by atoms with Crippen molar-refractivity contribution < 1.29 is 4.79 Å². The standard InChI is InChI=1S/C18H12BrIO/c19-14-8-9-17(20)16(11-14)18(21)10-13-6-3-5-12-4-1-2-7-15(12)13/h1-9,11H,10H2. The zero-order valence-electron chi connectivity index (χ0n) is 11.1. The molecule has 0 saturated heterocycles. The molecule has 0 saturated carbocycles. The number of carbonyl (C=O) groups excluding carboxylic acids is 1. The molecule has 1 nitrogen and oxygen atoms in total. The topological polar surface area (TPSA) is 17.1 Å². The van der Waals surface area contributed by atoms with Crippen LogP contribution in [0.5, 0.6) is 0 Å². The Hall–Kier alpha value is -1.20. The van der Waals surface area contributed by atoms with Crippen LogP contribution in [0, 0.1) is 3.57 Å². The van der Waals surface area contributed by atoms with Crippen LogP contribution in [0.25, 0.3) is 10.8 Å². The number of halogens is 2. The van der Waals surface area contributed by atoms with E-state index in [0.717, 1.165) is 24.6 Å². The monoisotopic (exact) mass is 450 g/mol. The third-order valence-corrected chi connectivity index (χ3v) is 4.89. The van der Waals surface area contributed by atoms with Gasteiger partial charge in [0, 0.05) is 20.0 Å². The van der Waals surface area contributed by atoms with E-state index >= 15 is 0 Å². The number of rotatable bonds is 3. The van der Waals surface area contributed by atoms with Crippen molar-refractivity contribution in [1.82, 2.24) is 0 Å². The van der Waals surface area contributed by atoms with Gasteiger partial charge in [0.2, 0.25) is 0 Å². The van der Waals surface area contributed by atoms with Gasteiger partial charge in [-0.2, -0.15) is 0 Å². The molecule has 0 aromatic heterocycles. The molecule has 0 N–H and O–H groups in total. The van der Waals surface area contributed by atoms with Crippen LogP contribution in [0.2, 0.25) is 0 Å². The van der Waals surface area contributed by atoms with Crippen LogP contribution < -0.4 is 0 Å². The van der Waals surface area contributed by atoms with Gasteiger partial charge in [-0.15, -0.1) is 0 Å². The summed E-state index contributed by atoms with van der Waals surface area (Å²) < 4.78 is 1.92. The first-order chi connectivity index (χ1) is 10.1. The zero-order chi connectivity index (χ0) is 14.8. The first kappa shape index (κ1) is 14.7. The second kappa shape index (κ2) is 6.28. The van der Waals surface area contributed by atoms with Gasteiger partial charge in [0.05, 0.1) is 0 Å². The number of fused-ring (bicyclic) bond motifs is 1. The van der Waals surface area contributed by atoms with Gasteiger partial charge in [0.25, 0.3) is 0 Å². The van der Waals surface area contributed by atoms with Gasteiger partial charge in [-0.25, -0.2) is 0 Å². The molecule has 0 amide bonds. The molecular weight excluding hydrogens is 439 g/mol. The van der Waals surface area contributed by atoms with E-state index < -0.39 is 0 Å². The fourth-order valence-corrected chi connectivity index (χ4v) is 3.42. The fourth-order valence-electron chi connectivity index (χ4n) is 2.43. The quantitative estimate of drug-likeness (QED) is 0.373. The van der Waals surface area contributed by atoms with Crippen molar-refractivity contribution in [1.29, 1.82) is 0 Å². The summed E-state index contributed by atoms with van der Waals surface area (Å²) >= 11 is 5.65. The highest BCUT2D eigenvalue weighted by Gasteiger charge is 2.12. The summed E-state index contributed by atoms with van der Waals surface area (Å²) in [6.45, 7) is 0. The minimum Gasteiger partial charge on any atom is -0.294 e. The summed E-state index contributed by atoms with van der Waals surface area (Å²) in [7, 11) is 0. The molecule has 0 heterocycles. The molecule has 3 heteroatoms. The second-order valence-electron chi connectivity index (χ2n) is 4.86. The van der Waals surface area contributed by atoms with Crippen LogP contribution in [0.15, 0.2) is 65.1 Å². The number of ketones is 1. The Bertz CT molecular complexity index is 821. The average Bonchev–Trinajstić information content (AvgIpc) is 2.50. The van der Waals surface area contributed by atoms with E-state index in [0.29, 0.717) is 6.42 Å². The molecule has 0 radical (unpaired) electrons. The molecule has 104 valence electrons. The first-order valence-corrected chi connectivity index (χ1v) is 8.47. The van der Waals surface area contributed by atoms with Crippen LogP contribution in [0.4, 0.5) is 0 Å². The highest BCUT2D eigenvalue weighted by molar-refractivity contribution is 14.1. The highest BCUT2D eigenvalue weighted by atomic mass is 127. The van der Waals surface area contributed by atoms with E-state index in [4.69, 9.17) is 0 Å². The van der Waals surface area contributed by atoms with Gasteiger partial charge in [-0.1, -0.05) is 58.4 Å². The Morgan fingerprint density at radius 2 is 1.76 bits per heavy atom. The van der Waals surface area contributed by atoms with Crippen LogP contribution in [-0.2, 0) is 6.42 Å². The van der Waals surface area contributed by atoms with Crippen molar-refractivity contribution in [2.24, 2.45) is 0 Å². The molecule has 3 aromatic rings. The smallest absolute Gasteiger partial charge is 0.168 e. The maximum Gasteiger partial charge on any atom is 0.168 e. The second-order valence-corrected chi connectivity index (χ2v) is 6.94. The van der Waals surface area contributed by atoms with Crippen molar-refractivity contribution in [2.75, 3.05) is 0 Å². The van der Waals surface area contributed by atoms with Gasteiger partial charge in [0.15, 0.2) is 5.78 Å². The molecule has 0 bridgehead atoms. The first-order valence-electron chi connectivity index (χ1n) is 6.60. The largest absolute Gasteiger partial charge is 0.294 e. The van der Waals surface area contributed by atoms with E-state index in [2.05, 4.69) is 56.7 Å². The van der Waals surface area contributed by atoms with Crippen molar-refractivity contribution in [3.8, 4) is 0 Å². The van der Waals surface area contributed by atoms with Crippen LogP contribution >= 0.6 is 38.5 Å². The molecular formula is C18H12BrIO. The SMILES string of the molecule is O=C(Cc1cccc2ccccc12)c1cc(Br)ccc1I. The van der Waals surface area contributed by atoms with Crippen molar-refractivity contribution in [3.05, 3.63) is 79.8 Å². The zero-order valence-corrected chi connectivity index (χ0v) is 14.9. The summed E-state index contributed by atoms with van der Waals surface area (Å²) in [5.74, 6) is 0.150. The number of hydrogen-bond donors (Lipinski definition) is 0. The minimum atomic E-state index is 0.150. The predicted octanol–water partition coefficient (Wildman–Crippen LogP) is 5.63. The minimum absolute atomic E-state index is 0.150. The molecule has 0 aliphatic carbocycles. The lowest BCUT2D eigenvalue weighted by Gasteiger charge is -2.08. The van der Waals surface area contributed by atoms with E-state index in [1.165, 1.54) is 5.39 Å². The molecule has 0 atom stereocenters. The highest BCUT2D eigenvalue weighted by Crippen LogP contribution is 2.23. The summed E-state index contributed by atoms with van der Waals surface area (Å²) in [6, 6.07) is 20.1. The summed E-state index contributed by atoms with van der Waals surface area (Å²) in [5, 5.41) is 2.32. The van der Waals surface area contributed by atoms with Crippen LogP contribution in [-0.4, -0.2) is 5.78 Å². The Labute approximate surface area is 145 Å². The molecule has 0 aliphatic rings. The summed E-state index contributed by atoms with van der Waals surface area (Å²) in [5.41, 5.74) is 1.85. The Morgan fingerprint density at radius 1 is 1.00 bits per heavy atom. The molecule has 0 unspecified atom stereocenters. The van der Waals surface area contributed by atoms with Gasteiger partial charge in [-0.05, 0) is 57.1 Å². The van der Waals surface area contributed by atoms with Crippen LogP contribution in [0.3, 0.4) is 0 Å². The van der Waals surface area contributed by atoms with Crippen molar-refractivity contribution in [2.45, 2.75) is 6.42 Å². The molecule has 0 aliphatic heterocycles. The molecule has 3 rings (SSSR count). The van der Waals surface area contributed by atoms with Crippen LogP contribution in [0.1, 0.15) is 15.9 Å². The summed E-state index contributed by atoms with van der Waals surface area (Å²) in [4.78, 5) is 12.6. The van der Waals surface area contributed by atoms with Gasteiger partial charge in [-0.3, -0.25) is 4.79 Å². The van der Waals surface area contributed by atoms with E-state index in [-0.39, 0.29) is 5.78 Å². The number of hydrogen-bond acceptors (Lipinski definition) is 1. The van der Waals surface area contributed by atoms with Gasteiger partial charge < -0.3 is 0 Å². The fraction of sp³-hybridized carbons (Fsp3) is 0.0556. The van der Waals surface area contributed by atoms with E-state index in [1.54, 1.807) is 0 Å². The third kappa shape index (κ3) is 3.19. The molecule has 21 heavy (non-hydrogen) atoms. The third-order valence-electron chi connectivity index (χ3n) is 3.46. The number of carbonyl (C=O) groups is 1. The number of Topliss-reactive ketones (excluding diaryl/α,β-unsaturated/α-hetero) is 1. The maximum atomic E-state index is 12.6. The van der Waals surface area contributed by atoms with Gasteiger partial charge >= 0.3 is 0 Å². The van der Waals surface area contributed by atoms with E-state index in [9.17, 15) is 4.79 Å². The maximum absolute atomic E-state index is 12.6. The lowest BCUT2D eigenvalue weighted by molar-refractivity contribution is 0.0992. The Kier molecular flexibility index (Phi) is 4.40. The predicted molar refractivity (Wildman–Crippen MR) is 98.8 cm³/mol. The van der Waals surface area contributed by atoms with Crippen molar-refractivity contribution in [3.63, 3.8) is 0 Å². The van der Waals surface area contributed by atoms with Crippen molar-refractivity contribution >= 4 is 55.1 Å². The lowest BCUT2D eigenvalue weighted by atomic mass is 9.98. The lowest BCUT2D eigenvalue weighted by Crippen LogP contribution is -2.06. The number of benzene rings is 3. The Balaban J connectivity index is 1.99. The summed E-state index contributed by atoms with van der Waals surface area (Å²) in [6.07, 6.45) is 0.424.